The van der Waals surface area contributed by atoms with Crippen molar-refractivity contribution in [2.45, 2.75) is 53.0 Å². The molecule has 4 nitrogen and oxygen atoms in total. The van der Waals surface area contributed by atoms with Crippen molar-refractivity contribution in [3.8, 4) is 5.75 Å². The van der Waals surface area contributed by atoms with Crippen molar-refractivity contribution in [2.24, 2.45) is 16.8 Å². The van der Waals surface area contributed by atoms with Gasteiger partial charge in [-0.05, 0) is 49.5 Å². The lowest BCUT2D eigenvalue weighted by atomic mass is 9.81. The second-order valence-corrected chi connectivity index (χ2v) is 8.01. The molecule has 1 aliphatic carbocycles. The van der Waals surface area contributed by atoms with Crippen LogP contribution in [0.1, 0.15) is 53.0 Å². The molecule has 1 aliphatic heterocycles. The second kappa shape index (κ2) is 12.8. The Labute approximate surface area is 200 Å². The second-order valence-electron chi connectivity index (χ2n) is 8.01. The lowest BCUT2D eigenvalue weighted by molar-refractivity contribution is 0.190. The molecule has 3 unspecified atom stereocenters. The van der Waals surface area contributed by atoms with E-state index < -0.39 is 5.54 Å². The van der Waals surface area contributed by atoms with Crippen molar-refractivity contribution in [2.75, 3.05) is 0 Å². The topological polar surface area (TPSA) is 64.8 Å². The smallest absolute Gasteiger partial charge is 0.124 e. The Balaban J connectivity index is 0.00000177. The van der Waals surface area contributed by atoms with E-state index in [1.165, 1.54) is 0 Å². The summed E-state index contributed by atoms with van der Waals surface area (Å²) in [6.45, 7) is 18.0. The molecule has 2 aliphatic rings. The number of phenols is 1. The van der Waals surface area contributed by atoms with Crippen LogP contribution in [0.15, 0.2) is 102 Å². The molecule has 3 rings (SSSR count). The Hall–Kier alpha value is -3.11. The number of fused-ring (bicyclic) bond motifs is 2. The van der Waals surface area contributed by atoms with Crippen molar-refractivity contribution < 1.29 is 10.3 Å². The molecule has 0 saturated heterocycles. The highest BCUT2D eigenvalue weighted by atomic mass is 16.5. The molecule has 1 heterocycles. The van der Waals surface area contributed by atoms with Gasteiger partial charge in [0.05, 0.1) is 11.3 Å². The van der Waals surface area contributed by atoms with E-state index in [-0.39, 0.29) is 25.0 Å². The lowest BCUT2D eigenvalue weighted by Crippen LogP contribution is -2.23. The fourth-order valence-electron chi connectivity index (χ4n) is 4.29. The molecule has 0 fully saturated rings. The van der Waals surface area contributed by atoms with E-state index in [0.717, 1.165) is 35.3 Å². The van der Waals surface area contributed by atoms with Crippen LogP contribution in [0.2, 0.25) is 0 Å². The number of hydroxylamine groups is 1. The number of aromatic hydroxyl groups is 1. The average molecular weight is 449 g/mol. The van der Waals surface area contributed by atoms with Crippen LogP contribution in [0.5, 0.6) is 5.75 Å². The Kier molecular flexibility index (Phi) is 10.8. The van der Waals surface area contributed by atoms with Gasteiger partial charge >= 0.3 is 0 Å². The van der Waals surface area contributed by atoms with Crippen molar-refractivity contribution in [3.63, 3.8) is 0 Å². The number of nitrogens with zero attached hydrogens (tertiary/aromatic N) is 1. The Morgan fingerprint density at radius 2 is 1.97 bits per heavy atom. The van der Waals surface area contributed by atoms with Gasteiger partial charge in [0.2, 0.25) is 0 Å². The molecule has 0 amide bonds. The molecule has 0 aromatic heterocycles. The summed E-state index contributed by atoms with van der Waals surface area (Å²) in [6.07, 6.45) is 14.6. The Morgan fingerprint density at radius 3 is 2.61 bits per heavy atom. The molecule has 2 bridgehead atoms. The normalized spacial score (nSPS) is 23.8. The fraction of sp³-hybridized carbons (Fsp3) is 0.345. The van der Waals surface area contributed by atoms with Crippen LogP contribution in [-0.2, 0) is 0 Å². The van der Waals surface area contributed by atoms with E-state index >= 15 is 0 Å². The zero-order chi connectivity index (χ0) is 23.7. The third kappa shape index (κ3) is 6.45. The van der Waals surface area contributed by atoms with E-state index in [1.807, 2.05) is 39.0 Å². The van der Waals surface area contributed by atoms with Gasteiger partial charge in [-0.3, -0.25) is 15.7 Å². The standard InChI is InChI=1S/C26H30N2O2.C2H6.CH4/c1-5-11-22(20(4)28-30)19(3)18(2)16-26-15-10-6-7-12-21(17-26)25(27-26)23-13-8-9-14-24(23)29;1-2;/h5-10,12-14,16,21-22,28-30H,1,3-4,11,15,17H2,2H3;1-2H3;1H4/b10-6-,12-7-,18-16+;;. The molecule has 1 aromatic carbocycles. The summed E-state index contributed by atoms with van der Waals surface area (Å²) in [5.74, 6) is 0.223. The SMILES string of the molecule is C.C=CCC(C(=C)NO)C(=C)/C(C)=C/C12C/C=C\C=C/C(C1)C(c1ccccc1O)=N2.CC. The average Bonchev–Trinajstić information content (AvgIpc) is 3.17. The minimum absolute atomic E-state index is 0. The monoisotopic (exact) mass is 448 g/mol. The third-order valence-electron chi connectivity index (χ3n) is 5.89. The maximum absolute atomic E-state index is 10.4. The first-order valence-corrected chi connectivity index (χ1v) is 11.2. The molecule has 0 saturated carbocycles. The van der Waals surface area contributed by atoms with E-state index in [4.69, 9.17) is 4.99 Å². The minimum atomic E-state index is -0.413. The number of hydrogen-bond acceptors (Lipinski definition) is 4. The van der Waals surface area contributed by atoms with Gasteiger partial charge in [-0.2, -0.15) is 0 Å². The summed E-state index contributed by atoms with van der Waals surface area (Å²) in [4.78, 5) is 5.15. The van der Waals surface area contributed by atoms with Crippen LogP contribution in [0, 0.1) is 11.8 Å². The third-order valence-corrected chi connectivity index (χ3v) is 5.89. The number of allylic oxidation sites excluding steroid dienone is 6. The molecular weight excluding hydrogens is 408 g/mol. The first-order chi connectivity index (χ1) is 15.4. The summed E-state index contributed by atoms with van der Waals surface area (Å²) < 4.78 is 0. The highest BCUT2D eigenvalue weighted by Gasteiger charge is 2.39. The van der Waals surface area contributed by atoms with Gasteiger partial charge in [0.15, 0.2) is 0 Å². The quantitative estimate of drug-likeness (QED) is 0.222. The molecule has 33 heavy (non-hydrogen) atoms. The zero-order valence-electron chi connectivity index (χ0n) is 19.5. The van der Waals surface area contributed by atoms with Crippen molar-refractivity contribution in [3.05, 3.63) is 103 Å². The van der Waals surface area contributed by atoms with Crippen LogP contribution in [-0.4, -0.2) is 21.6 Å². The van der Waals surface area contributed by atoms with E-state index in [1.54, 1.807) is 12.1 Å². The van der Waals surface area contributed by atoms with Crippen molar-refractivity contribution in [1.29, 1.82) is 0 Å². The van der Waals surface area contributed by atoms with E-state index in [0.29, 0.717) is 12.1 Å². The first-order valence-electron chi connectivity index (χ1n) is 11.2. The Bertz CT molecular complexity index is 968. The highest BCUT2D eigenvalue weighted by molar-refractivity contribution is 6.07. The Morgan fingerprint density at radius 1 is 1.27 bits per heavy atom. The number of rotatable bonds is 8. The number of aliphatic imine (C=N–C) groups is 1. The predicted molar refractivity (Wildman–Crippen MR) is 142 cm³/mol. The number of nitrogens with one attached hydrogen (secondary N) is 1. The summed E-state index contributed by atoms with van der Waals surface area (Å²) in [7, 11) is 0. The highest BCUT2D eigenvalue weighted by Crippen LogP contribution is 2.42. The molecule has 0 radical (unpaired) electrons. The van der Waals surface area contributed by atoms with Crippen LogP contribution in [0.4, 0.5) is 0 Å². The van der Waals surface area contributed by atoms with Gasteiger partial charge in [0.1, 0.15) is 5.75 Å². The summed E-state index contributed by atoms with van der Waals surface area (Å²) in [5.41, 5.74) is 5.82. The number of benzene rings is 1. The van der Waals surface area contributed by atoms with E-state index in [9.17, 15) is 10.3 Å². The predicted octanol–water partition coefficient (Wildman–Crippen LogP) is 7.31. The lowest BCUT2D eigenvalue weighted by Gasteiger charge is -2.26. The summed E-state index contributed by atoms with van der Waals surface area (Å²) in [5, 5.41) is 19.7. The van der Waals surface area contributed by atoms with Crippen LogP contribution < -0.4 is 5.48 Å². The maximum Gasteiger partial charge on any atom is 0.124 e. The van der Waals surface area contributed by atoms with Crippen molar-refractivity contribution >= 4 is 5.71 Å². The van der Waals surface area contributed by atoms with E-state index in [2.05, 4.69) is 55.6 Å². The van der Waals surface area contributed by atoms with Gasteiger partial charge < -0.3 is 5.11 Å². The van der Waals surface area contributed by atoms with Gasteiger partial charge in [0, 0.05) is 23.1 Å². The number of para-hydroxylation sites is 1. The fourth-order valence-corrected chi connectivity index (χ4v) is 4.29. The van der Waals surface area contributed by atoms with Crippen molar-refractivity contribution in [1.82, 2.24) is 5.48 Å². The number of phenolic OH excluding ortho intramolecular Hbond substituents is 1. The van der Waals surface area contributed by atoms with Gasteiger partial charge in [0.25, 0.3) is 0 Å². The first kappa shape index (κ1) is 27.9. The molecule has 0 spiro atoms. The largest absolute Gasteiger partial charge is 0.507 e. The van der Waals surface area contributed by atoms with Crippen LogP contribution >= 0.6 is 0 Å². The molecule has 3 N–H and O–H groups in total. The zero-order valence-corrected chi connectivity index (χ0v) is 19.5. The maximum atomic E-state index is 10.4. The van der Waals surface area contributed by atoms with Crippen LogP contribution in [0.25, 0.3) is 0 Å². The number of hydrogen-bond donors (Lipinski definition) is 3. The molecule has 178 valence electrons. The summed E-state index contributed by atoms with van der Waals surface area (Å²) in [6, 6.07) is 7.37. The summed E-state index contributed by atoms with van der Waals surface area (Å²) >= 11 is 0. The van der Waals surface area contributed by atoms with Gasteiger partial charge in [-0.25, -0.2) is 0 Å². The molecule has 1 aromatic rings. The molecule has 4 heteroatoms. The molecule has 3 atom stereocenters. The van der Waals surface area contributed by atoms with Gasteiger partial charge in [-0.1, -0.05) is 83.0 Å². The molecular formula is C29H40N2O2. The van der Waals surface area contributed by atoms with Gasteiger partial charge in [-0.15, -0.1) is 6.58 Å². The minimum Gasteiger partial charge on any atom is -0.507 e. The van der Waals surface area contributed by atoms with Crippen LogP contribution in [0.3, 0.4) is 0 Å².